The summed E-state index contributed by atoms with van der Waals surface area (Å²) < 4.78 is 25.6. The quantitative estimate of drug-likeness (QED) is 0.290. The Morgan fingerprint density at radius 3 is 2.72 bits per heavy atom. The van der Waals surface area contributed by atoms with Crippen LogP contribution in [0.25, 0.3) is 21.5 Å². The lowest BCUT2D eigenvalue weighted by atomic mass is 10.2. The fourth-order valence-corrected chi connectivity index (χ4v) is 5.07. The summed E-state index contributed by atoms with van der Waals surface area (Å²) in [6, 6.07) is 16.9. The summed E-state index contributed by atoms with van der Waals surface area (Å²) in [5.74, 6) is 1.18. The zero-order valence-electron chi connectivity index (χ0n) is 17.4. The second kappa shape index (κ2) is 9.31. The summed E-state index contributed by atoms with van der Waals surface area (Å²) in [6.45, 7) is 0.467. The third-order valence-electron chi connectivity index (χ3n) is 4.72. The molecule has 1 amide bonds. The Kier molecular flexibility index (Phi) is 6.49. The number of H-pyrrole nitrogens is 1. The number of anilines is 1. The molecule has 2 heterocycles. The summed E-state index contributed by atoms with van der Waals surface area (Å²) in [6.07, 6.45) is 1.16. The van der Waals surface area contributed by atoms with Gasteiger partial charge < -0.3 is 5.32 Å². The molecule has 2 aromatic heterocycles. The summed E-state index contributed by atoms with van der Waals surface area (Å²) >= 11 is 2.83. The van der Waals surface area contributed by atoms with Gasteiger partial charge in [-0.25, -0.2) is 13.4 Å². The minimum Gasteiger partial charge on any atom is -0.350 e. The molecule has 166 valence electrons. The van der Waals surface area contributed by atoms with Crippen LogP contribution in [0.2, 0.25) is 0 Å². The van der Waals surface area contributed by atoms with Crippen LogP contribution in [0.3, 0.4) is 0 Å². The molecular weight excluding hydrogens is 466 g/mol. The first-order valence-corrected chi connectivity index (χ1v) is 13.3. The lowest BCUT2D eigenvalue weighted by Crippen LogP contribution is -2.24. The summed E-state index contributed by atoms with van der Waals surface area (Å²) in [4.78, 5) is 17.6. The molecule has 0 aliphatic heterocycles. The van der Waals surface area contributed by atoms with E-state index < -0.39 is 10.0 Å². The maximum atomic E-state index is 12.5. The number of thiophene rings is 1. The van der Waals surface area contributed by atoms with E-state index in [1.165, 1.54) is 34.5 Å². The number of carbonyl (C=O) groups is 1. The maximum absolute atomic E-state index is 12.5. The molecule has 2 aromatic carbocycles. The molecule has 0 saturated carbocycles. The van der Waals surface area contributed by atoms with Gasteiger partial charge in [-0.2, -0.15) is 0 Å². The van der Waals surface area contributed by atoms with Crippen LogP contribution < -0.4 is 9.62 Å². The van der Waals surface area contributed by atoms with Gasteiger partial charge in [-0.1, -0.05) is 42.1 Å². The maximum Gasteiger partial charge on any atom is 0.261 e. The van der Waals surface area contributed by atoms with Gasteiger partial charge in [-0.3, -0.25) is 14.2 Å². The number of sulfonamides is 1. The number of rotatable bonds is 8. The molecule has 0 saturated heterocycles. The van der Waals surface area contributed by atoms with Gasteiger partial charge in [0.05, 0.1) is 16.8 Å². The van der Waals surface area contributed by atoms with E-state index in [1.807, 2.05) is 36.4 Å². The van der Waals surface area contributed by atoms with Crippen molar-refractivity contribution in [1.29, 1.82) is 0 Å². The number of hydrogen-bond donors (Lipinski definition) is 2. The second-order valence-corrected chi connectivity index (χ2v) is 11.2. The number of nitrogens with one attached hydrogen (secondary N) is 2. The Morgan fingerprint density at radius 1 is 1.19 bits per heavy atom. The molecule has 8 nitrogen and oxygen atoms in total. The van der Waals surface area contributed by atoms with Crippen LogP contribution in [-0.4, -0.2) is 55.1 Å². The van der Waals surface area contributed by atoms with E-state index in [2.05, 4.69) is 20.5 Å². The highest BCUT2D eigenvalue weighted by Gasteiger charge is 2.15. The first-order chi connectivity index (χ1) is 15.3. The number of benzene rings is 2. The van der Waals surface area contributed by atoms with Gasteiger partial charge in [0.2, 0.25) is 15.2 Å². The van der Waals surface area contributed by atoms with E-state index >= 15 is 0 Å². The number of hydrogen-bond acceptors (Lipinski definition) is 7. The molecule has 0 spiro atoms. The smallest absolute Gasteiger partial charge is 0.261 e. The van der Waals surface area contributed by atoms with Gasteiger partial charge in [0.15, 0.2) is 5.82 Å². The van der Waals surface area contributed by atoms with Crippen molar-refractivity contribution in [2.24, 2.45) is 0 Å². The number of aromatic amines is 1. The largest absolute Gasteiger partial charge is 0.350 e. The van der Waals surface area contributed by atoms with Gasteiger partial charge in [-0.05, 0) is 29.7 Å². The van der Waals surface area contributed by atoms with Crippen molar-refractivity contribution >= 4 is 54.8 Å². The molecule has 0 fully saturated rings. The molecule has 0 aliphatic carbocycles. The molecular formula is C21H21N5O3S3. The van der Waals surface area contributed by atoms with Crippen molar-refractivity contribution in [3.8, 4) is 11.4 Å². The van der Waals surface area contributed by atoms with Gasteiger partial charge in [0.25, 0.3) is 5.91 Å². The van der Waals surface area contributed by atoms with E-state index in [9.17, 15) is 13.2 Å². The number of aromatic nitrogens is 3. The van der Waals surface area contributed by atoms with Crippen LogP contribution in [0.15, 0.2) is 59.8 Å². The van der Waals surface area contributed by atoms with Crippen molar-refractivity contribution in [3.63, 3.8) is 0 Å². The minimum atomic E-state index is -3.34. The molecule has 4 rings (SSSR count). The number of amides is 1. The highest BCUT2D eigenvalue weighted by molar-refractivity contribution is 7.99. The SMILES string of the molecule is CN(c1ccc2sc(C(=O)NCCSc3n[nH]c(-c4ccccc4)n3)cc2c1)S(C)(=O)=O. The monoisotopic (exact) mass is 487 g/mol. The van der Waals surface area contributed by atoms with Crippen molar-refractivity contribution in [2.75, 3.05) is 29.9 Å². The van der Waals surface area contributed by atoms with Crippen molar-refractivity contribution in [2.45, 2.75) is 5.16 Å². The Bertz CT molecular complexity index is 1350. The van der Waals surface area contributed by atoms with E-state index in [1.54, 1.807) is 18.2 Å². The van der Waals surface area contributed by atoms with Crippen LogP contribution in [-0.2, 0) is 10.0 Å². The van der Waals surface area contributed by atoms with Crippen LogP contribution in [0.5, 0.6) is 0 Å². The predicted molar refractivity (Wildman–Crippen MR) is 130 cm³/mol. The summed E-state index contributed by atoms with van der Waals surface area (Å²) in [7, 11) is -1.84. The molecule has 0 bridgehead atoms. The van der Waals surface area contributed by atoms with Gasteiger partial charge in [0.1, 0.15) is 0 Å². The Hall–Kier alpha value is -2.89. The van der Waals surface area contributed by atoms with Crippen molar-refractivity contribution < 1.29 is 13.2 Å². The summed E-state index contributed by atoms with van der Waals surface area (Å²) in [5.41, 5.74) is 1.53. The topological polar surface area (TPSA) is 108 Å². The highest BCUT2D eigenvalue weighted by atomic mass is 32.2. The van der Waals surface area contributed by atoms with Crippen LogP contribution in [0.4, 0.5) is 5.69 Å². The molecule has 0 unspecified atom stereocenters. The average molecular weight is 488 g/mol. The first-order valence-electron chi connectivity index (χ1n) is 9.67. The van der Waals surface area contributed by atoms with E-state index in [-0.39, 0.29) is 5.91 Å². The first kappa shape index (κ1) is 22.3. The predicted octanol–water partition coefficient (Wildman–Crippen LogP) is 3.60. The number of carbonyl (C=O) groups excluding carboxylic acids is 1. The molecule has 0 radical (unpaired) electrons. The Morgan fingerprint density at radius 2 is 1.97 bits per heavy atom. The van der Waals surface area contributed by atoms with Gasteiger partial charge >= 0.3 is 0 Å². The minimum absolute atomic E-state index is 0.162. The number of fused-ring (bicyclic) bond motifs is 1. The number of thioether (sulfide) groups is 1. The molecule has 2 N–H and O–H groups in total. The molecule has 0 atom stereocenters. The number of nitrogens with zero attached hydrogens (tertiary/aromatic N) is 3. The Labute approximate surface area is 194 Å². The lowest BCUT2D eigenvalue weighted by Gasteiger charge is -2.16. The standard InChI is InChI=1S/C21H21N5O3S3/c1-26(32(2,28)29)16-8-9-17-15(12-16)13-18(31-17)20(27)22-10-11-30-21-23-19(24-25-21)14-6-4-3-5-7-14/h3-9,12-13H,10-11H2,1-2H3,(H,22,27)(H,23,24,25). The normalized spacial score (nSPS) is 11.6. The fraction of sp³-hybridized carbons (Fsp3) is 0.190. The highest BCUT2D eigenvalue weighted by Crippen LogP contribution is 2.30. The van der Waals surface area contributed by atoms with Crippen LogP contribution in [0.1, 0.15) is 9.67 Å². The van der Waals surface area contributed by atoms with Crippen LogP contribution >= 0.6 is 23.1 Å². The lowest BCUT2D eigenvalue weighted by molar-refractivity contribution is 0.0960. The fourth-order valence-electron chi connectivity index (χ4n) is 2.96. The molecule has 4 aromatic rings. The van der Waals surface area contributed by atoms with Crippen molar-refractivity contribution in [3.05, 3.63) is 59.5 Å². The molecule has 32 heavy (non-hydrogen) atoms. The van der Waals surface area contributed by atoms with Crippen molar-refractivity contribution in [1.82, 2.24) is 20.5 Å². The molecule has 0 aliphatic rings. The van der Waals surface area contributed by atoms with E-state index in [0.717, 1.165) is 21.9 Å². The molecule has 11 heteroatoms. The van der Waals surface area contributed by atoms with E-state index in [0.29, 0.717) is 33.8 Å². The third kappa shape index (κ3) is 5.12. The Balaban J connectivity index is 1.33. The average Bonchev–Trinajstić information content (AvgIpc) is 3.42. The second-order valence-electron chi connectivity index (χ2n) is 7.00. The zero-order chi connectivity index (χ0) is 22.7. The van der Waals surface area contributed by atoms with E-state index in [4.69, 9.17) is 0 Å². The zero-order valence-corrected chi connectivity index (χ0v) is 19.9. The van der Waals surface area contributed by atoms with Gasteiger partial charge in [-0.15, -0.1) is 16.4 Å². The summed E-state index contributed by atoms with van der Waals surface area (Å²) in [5, 5.41) is 11.5. The third-order valence-corrected chi connectivity index (χ3v) is 7.89. The van der Waals surface area contributed by atoms with Crippen LogP contribution in [0, 0.1) is 0 Å². The van der Waals surface area contributed by atoms with Gasteiger partial charge in [0, 0.05) is 29.6 Å².